The quantitative estimate of drug-likeness (QED) is 0.0317. The van der Waals surface area contributed by atoms with E-state index < -0.39 is 0 Å². The summed E-state index contributed by atoms with van der Waals surface area (Å²) in [7, 11) is 0. The number of fused-ring (bicyclic) bond motifs is 1. The number of hydrogen-bond donors (Lipinski definition) is 0. The van der Waals surface area contributed by atoms with Crippen molar-refractivity contribution in [3.8, 4) is 11.5 Å². The van der Waals surface area contributed by atoms with Crippen LogP contribution in [-0.2, 0) is 9.53 Å². The fourth-order valence-electron chi connectivity index (χ4n) is 6.01. The van der Waals surface area contributed by atoms with Gasteiger partial charge in [-0.25, -0.2) is 4.79 Å². The fraction of sp³-hybridized carbons (Fsp3) is 0.500. The van der Waals surface area contributed by atoms with E-state index in [2.05, 4.69) is 98.5 Å². The Morgan fingerprint density at radius 1 is 0.560 bits per heavy atom. The predicted molar refractivity (Wildman–Crippen MR) is 213 cm³/mol. The minimum atomic E-state index is -0.236. The number of carbonyl (C=O) groups is 1. The molecule has 0 radical (unpaired) electrons. The largest absolute Gasteiger partial charge is 0.493 e. The van der Waals surface area contributed by atoms with Crippen molar-refractivity contribution in [3.05, 3.63) is 103 Å². The van der Waals surface area contributed by atoms with Gasteiger partial charge in [-0.05, 0) is 75.5 Å². The molecule has 0 unspecified atom stereocenters. The Morgan fingerprint density at radius 3 is 1.68 bits per heavy atom. The summed E-state index contributed by atoms with van der Waals surface area (Å²) in [5.74, 6) is 1.67. The third-order valence-corrected chi connectivity index (χ3v) is 9.05. The molecule has 0 aliphatic rings. The Balaban J connectivity index is 1.10. The van der Waals surface area contributed by atoms with Crippen LogP contribution >= 0.6 is 0 Å². The van der Waals surface area contributed by atoms with Crippen molar-refractivity contribution in [1.82, 2.24) is 0 Å². The van der Waals surface area contributed by atoms with Crippen LogP contribution in [0.2, 0.25) is 0 Å². The average Bonchev–Trinajstić information content (AvgIpc) is 3.14. The molecule has 0 aliphatic heterocycles. The highest BCUT2D eigenvalue weighted by atomic mass is 16.5. The van der Waals surface area contributed by atoms with E-state index in [1.54, 1.807) is 0 Å². The summed E-state index contributed by atoms with van der Waals surface area (Å²) >= 11 is 0. The number of allylic oxidation sites excluding steroid dienone is 3. The second-order valence-corrected chi connectivity index (χ2v) is 13.4. The molecule has 0 amide bonds. The number of ether oxygens (including phenoxy) is 3. The molecule has 0 fully saturated rings. The SMILES string of the molecule is C=C(CC/C=C\CCCCC=Cc1ccccc1)C(=O)OCCCCCCCCCCCOc1cccc2c(OCCCCCC)cccc12. The van der Waals surface area contributed by atoms with Crippen LogP contribution < -0.4 is 9.47 Å². The number of hydrogen-bond acceptors (Lipinski definition) is 4. The number of carbonyl (C=O) groups excluding carboxylic acids is 1. The molecule has 272 valence electrons. The van der Waals surface area contributed by atoms with Crippen LogP contribution in [-0.4, -0.2) is 25.8 Å². The first-order valence-electron chi connectivity index (χ1n) is 19.7. The van der Waals surface area contributed by atoms with Crippen molar-refractivity contribution < 1.29 is 19.0 Å². The minimum absolute atomic E-state index is 0.236. The first-order valence-corrected chi connectivity index (χ1v) is 19.7. The van der Waals surface area contributed by atoms with Crippen molar-refractivity contribution in [2.24, 2.45) is 0 Å². The molecule has 0 atom stereocenters. The molecule has 0 aliphatic carbocycles. The number of benzene rings is 3. The van der Waals surface area contributed by atoms with E-state index in [0.29, 0.717) is 18.6 Å². The molecule has 4 heteroatoms. The second-order valence-electron chi connectivity index (χ2n) is 13.4. The fourth-order valence-corrected chi connectivity index (χ4v) is 6.01. The third-order valence-electron chi connectivity index (χ3n) is 9.05. The molecule has 0 saturated heterocycles. The first kappa shape index (κ1) is 40.6. The number of rotatable bonds is 29. The topological polar surface area (TPSA) is 44.8 Å². The van der Waals surface area contributed by atoms with Gasteiger partial charge in [0, 0.05) is 16.3 Å². The van der Waals surface area contributed by atoms with Gasteiger partial charge in [0.05, 0.1) is 19.8 Å². The molecule has 3 aromatic rings. The summed E-state index contributed by atoms with van der Waals surface area (Å²) < 4.78 is 17.8. The van der Waals surface area contributed by atoms with Crippen molar-refractivity contribution in [1.29, 1.82) is 0 Å². The zero-order valence-electron chi connectivity index (χ0n) is 31.1. The summed E-state index contributed by atoms with van der Waals surface area (Å²) in [4.78, 5) is 12.2. The number of unbranched alkanes of at least 4 members (excludes halogenated alkanes) is 14. The Bertz CT molecular complexity index is 1390. The zero-order chi connectivity index (χ0) is 35.3. The van der Waals surface area contributed by atoms with Crippen molar-refractivity contribution in [2.45, 2.75) is 129 Å². The van der Waals surface area contributed by atoms with Gasteiger partial charge in [0.2, 0.25) is 0 Å². The molecule has 4 nitrogen and oxygen atoms in total. The second kappa shape index (κ2) is 27.0. The van der Waals surface area contributed by atoms with E-state index in [9.17, 15) is 4.79 Å². The maximum Gasteiger partial charge on any atom is 0.333 e. The predicted octanol–water partition coefficient (Wildman–Crippen LogP) is 13.4. The lowest BCUT2D eigenvalue weighted by Crippen LogP contribution is -2.08. The first-order chi connectivity index (χ1) is 24.7. The highest BCUT2D eigenvalue weighted by Crippen LogP contribution is 2.32. The molecule has 0 N–H and O–H groups in total. The van der Waals surface area contributed by atoms with Crippen molar-refractivity contribution >= 4 is 22.8 Å². The summed E-state index contributed by atoms with van der Waals surface area (Å²) in [6.45, 7) is 8.19. The van der Waals surface area contributed by atoms with Crippen LogP contribution in [0.4, 0.5) is 0 Å². The van der Waals surface area contributed by atoms with Crippen LogP contribution in [0.3, 0.4) is 0 Å². The average molecular weight is 681 g/mol. The van der Waals surface area contributed by atoms with Crippen molar-refractivity contribution in [2.75, 3.05) is 19.8 Å². The van der Waals surface area contributed by atoms with E-state index in [1.165, 1.54) is 76.2 Å². The molecule has 3 rings (SSSR count). The van der Waals surface area contributed by atoms with Gasteiger partial charge < -0.3 is 14.2 Å². The summed E-state index contributed by atoms with van der Waals surface area (Å²) in [6.07, 6.45) is 30.2. The van der Waals surface area contributed by atoms with Gasteiger partial charge in [-0.1, -0.05) is 157 Å². The van der Waals surface area contributed by atoms with Gasteiger partial charge in [-0.15, -0.1) is 0 Å². The monoisotopic (exact) mass is 680 g/mol. The van der Waals surface area contributed by atoms with E-state index in [1.807, 2.05) is 6.07 Å². The maximum atomic E-state index is 12.2. The molecule has 0 bridgehead atoms. The van der Waals surface area contributed by atoms with Crippen LogP contribution in [0.15, 0.2) is 97.1 Å². The molecular formula is C46H64O4. The Morgan fingerprint density at radius 2 is 1.08 bits per heavy atom. The molecule has 50 heavy (non-hydrogen) atoms. The molecular weight excluding hydrogens is 617 g/mol. The molecule has 0 heterocycles. The van der Waals surface area contributed by atoms with E-state index in [0.717, 1.165) is 80.4 Å². The lowest BCUT2D eigenvalue weighted by Gasteiger charge is -2.13. The highest BCUT2D eigenvalue weighted by Gasteiger charge is 2.08. The lowest BCUT2D eigenvalue weighted by molar-refractivity contribution is -0.139. The standard InChI is InChI=1S/C46H64O4/c1-3-4-5-24-37-48-44-35-27-34-43-42(44)33-28-36-45(43)49-38-25-17-13-9-6-10-14-18-26-39-50-46(47)40(2)29-20-15-11-7-8-12-16-21-30-41-31-22-19-23-32-41/h11,15,19,21-23,27-28,30-36H,2-10,12-14,16-18,20,24-26,29,37-39H2,1H3/b15-11-,30-21?. The van der Waals surface area contributed by atoms with Crippen molar-refractivity contribution in [3.63, 3.8) is 0 Å². The minimum Gasteiger partial charge on any atom is -0.493 e. The normalized spacial score (nSPS) is 11.5. The van der Waals surface area contributed by atoms with Gasteiger partial charge in [0.15, 0.2) is 0 Å². The van der Waals surface area contributed by atoms with Gasteiger partial charge in [-0.2, -0.15) is 0 Å². The molecule has 3 aromatic carbocycles. The van der Waals surface area contributed by atoms with Crippen LogP contribution in [0, 0.1) is 0 Å². The molecule has 0 spiro atoms. The van der Waals surface area contributed by atoms with Crippen LogP contribution in [0.1, 0.15) is 134 Å². The van der Waals surface area contributed by atoms with Gasteiger partial charge in [0.1, 0.15) is 11.5 Å². The Hall–Kier alpha value is -3.79. The van der Waals surface area contributed by atoms with Crippen LogP contribution in [0.25, 0.3) is 16.8 Å². The highest BCUT2D eigenvalue weighted by molar-refractivity contribution is 5.93. The molecule has 0 aromatic heterocycles. The van der Waals surface area contributed by atoms with Gasteiger partial charge in [0.25, 0.3) is 0 Å². The Kier molecular flexibility index (Phi) is 21.9. The van der Waals surface area contributed by atoms with E-state index in [-0.39, 0.29) is 5.97 Å². The Labute approximate surface area is 304 Å². The zero-order valence-corrected chi connectivity index (χ0v) is 31.1. The summed E-state index contributed by atoms with van der Waals surface area (Å²) in [5, 5.41) is 2.26. The maximum absolute atomic E-state index is 12.2. The lowest BCUT2D eigenvalue weighted by atomic mass is 10.1. The van der Waals surface area contributed by atoms with E-state index in [4.69, 9.17) is 14.2 Å². The summed E-state index contributed by atoms with van der Waals surface area (Å²) in [6, 6.07) is 23.0. The third kappa shape index (κ3) is 17.7. The smallest absolute Gasteiger partial charge is 0.333 e. The van der Waals surface area contributed by atoms with Crippen LogP contribution in [0.5, 0.6) is 11.5 Å². The number of esters is 1. The van der Waals surface area contributed by atoms with Gasteiger partial charge >= 0.3 is 5.97 Å². The molecule has 0 saturated carbocycles. The van der Waals surface area contributed by atoms with E-state index >= 15 is 0 Å². The van der Waals surface area contributed by atoms with Gasteiger partial charge in [-0.3, -0.25) is 0 Å². The summed E-state index contributed by atoms with van der Waals surface area (Å²) in [5.41, 5.74) is 1.84.